The van der Waals surface area contributed by atoms with Crippen LogP contribution in [0.2, 0.25) is 0 Å². The highest BCUT2D eigenvalue weighted by Gasteiger charge is 2.59. The fourth-order valence-electron chi connectivity index (χ4n) is 4.29. The van der Waals surface area contributed by atoms with E-state index in [0.717, 1.165) is 30.2 Å². The highest BCUT2D eigenvalue weighted by Crippen LogP contribution is 2.61. The molecule has 0 bridgehead atoms. The number of fused-ring (bicyclic) bond motifs is 1. The van der Waals surface area contributed by atoms with Crippen molar-refractivity contribution in [3.63, 3.8) is 0 Å². The van der Waals surface area contributed by atoms with Gasteiger partial charge in [-0.2, -0.15) is 0 Å². The number of ether oxygens (including phenoxy) is 1. The summed E-state index contributed by atoms with van der Waals surface area (Å²) in [5, 5.41) is 11.7. The summed E-state index contributed by atoms with van der Waals surface area (Å²) in [7, 11) is 5.88. The Kier molecular flexibility index (Phi) is 3.74. The zero-order chi connectivity index (χ0) is 15.2. The molecule has 0 amide bonds. The quantitative estimate of drug-likeness (QED) is 0.925. The van der Waals surface area contributed by atoms with Crippen LogP contribution in [0.3, 0.4) is 0 Å². The Morgan fingerprint density at radius 2 is 2.10 bits per heavy atom. The van der Waals surface area contributed by atoms with E-state index in [1.54, 1.807) is 7.11 Å². The Hall–Kier alpha value is -1.06. The van der Waals surface area contributed by atoms with Gasteiger partial charge in [0.25, 0.3) is 0 Å². The summed E-state index contributed by atoms with van der Waals surface area (Å²) in [6.45, 7) is 3.04. The lowest BCUT2D eigenvalue weighted by Crippen LogP contribution is -2.45. The Bertz CT molecular complexity index is 528. The summed E-state index contributed by atoms with van der Waals surface area (Å²) in [5.41, 5.74) is 1.57. The molecule has 3 rings (SSSR count). The van der Waals surface area contributed by atoms with Crippen molar-refractivity contribution in [3.8, 4) is 5.75 Å². The van der Waals surface area contributed by atoms with Gasteiger partial charge in [-0.25, -0.2) is 0 Å². The summed E-state index contributed by atoms with van der Waals surface area (Å²) < 4.78 is 5.39. The van der Waals surface area contributed by atoms with Crippen LogP contribution in [-0.2, 0) is 5.60 Å². The van der Waals surface area contributed by atoms with Crippen molar-refractivity contribution in [2.45, 2.75) is 31.8 Å². The normalized spacial score (nSPS) is 34.7. The van der Waals surface area contributed by atoms with E-state index in [1.807, 2.05) is 6.07 Å². The molecular weight excluding hydrogens is 262 g/mol. The Morgan fingerprint density at radius 3 is 2.76 bits per heavy atom. The molecule has 0 aromatic heterocycles. The third-order valence-corrected chi connectivity index (χ3v) is 5.46. The second-order valence-electron chi connectivity index (χ2n) is 7.14. The topological polar surface area (TPSA) is 32.7 Å². The predicted molar refractivity (Wildman–Crippen MR) is 84.5 cm³/mol. The predicted octanol–water partition coefficient (Wildman–Crippen LogP) is 2.80. The minimum absolute atomic E-state index is 0.307. The summed E-state index contributed by atoms with van der Waals surface area (Å²) >= 11 is 0. The highest BCUT2D eigenvalue weighted by atomic mass is 16.5. The minimum atomic E-state index is -0.689. The van der Waals surface area contributed by atoms with Gasteiger partial charge >= 0.3 is 0 Å². The van der Waals surface area contributed by atoms with Crippen molar-refractivity contribution in [2.24, 2.45) is 17.8 Å². The van der Waals surface area contributed by atoms with E-state index in [1.165, 1.54) is 18.4 Å². The van der Waals surface area contributed by atoms with Gasteiger partial charge in [0, 0.05) is 12.5 Å². The van der Waals surface area contributed by atoms with Gasteiger partial charge in [-0.15, -0.1) is 0 Å². The van der Waals surface area contributed by atoms with Crippen LogP contribution in [0.5, 0.6) is 5.75 Å². The average molecular weight is 289 g/mol. The van der Waals surface area contributed by atoms with E-state index in [0.29, 0.717) is 11.8 Å². The molecule has 4 atom stereocenters. The maximum Gasteiger partial charge on any atom is 0.119 e. The van der Waals surface area contributed by atoms with Crippen LogP contribution in [0.4, 0.5) is 0 Å². The molecule has 2 fully saturated rings. The van der Waals surface area contributed by atoms with Crippen molar-refractivity contribution in [1.82, 2.24) is 4.90 Å². The molecular formula is C18H27NO2. The molecule has 3 nitrogen and oxygen atoms in total. The molecule has 2 aliphatic rings. The first kappa shape index (κ1) is 14.9. The van der Waals surface area contributed by atoms with Crippen molar-refractivity contribution < 1.29 is 9.84 Å². The molecule has 2 aliphatic carbocycles. The molecule has 4 unspecified atom stereocenters. The average Bonchev–Trinajstić information content (AvgIpc) is 3.23. The summed E-state index contributed by atoms with van der Waals surface area (Å²) in [6.07, 6.45) is 3.57. The van der Waals surface area contributed by atoms with Crippen molar-refractivity contribution in [1.29, 1.82) is 0 Å². The molecule has 0 heterocycles. The molecule has 0 spiro atoms. The highest BCUT2D eigenvalue weighted by molar-refractivity contribution is 5.41. The maximum atomic E-state index is 11.7. The molecule has 116 valence electrons. The lowest BCUT2D eigenvalue weighted by atomic mass is 9.69. The smallest absolute Gasteiger partial charge is 0.119 e. The molecule has 21 heavy (non-hydrogen) atoms. The number of hydrogen-bond acceptors (Lipinski definition) is 3. The van der Waals surface area contributed by atoms with Crippen molar-refractivity contribution >= 4 is 0 Å². The van der Waals surface area contributed by atoms with Gasteiger partial charge in [0.05, 0.1) is 12.7 Å². The Labute approximate surface area is 127 Å². The second-order valence-corrected chi connectivity index (χ2v) is 7.14. The second kappa shape index (κ2) is 5.29. The van der Waals surface area contributed by atoms with E-state index in [-0.39, 0.29) is 0 Å². The van der Waals surface area contributed by atoms with E-state index >= 15 is 0 Å². The number of rotatable bonds is 4. The van der Waals surface area contributed by atoms with Gasteiger partial charge in [-0.1, -0.05) is 6.07 Å². The molecule has 1 aromatic rings. The van der Waals surface area contributed by atoms with Crippen molar-refractivity contribution in [2.75, 3.05) is 27.7 Å². The molecule has 0 aliphatic heterocycles. The largest absolute Gasteiger partial charge is 0.497 e. The van der Waals surface area contributed by atoms with E-state index in [4.69, 9.17) is 4.74 Å². The van der Waals surface area contributed by atoms with Gasteiger partial charge in [0.2, 0.25) is 0 Å². The van der Waals surface area contributed by atoms with Gasteiger partial charge < -0.3 is 14.7 Å². The Morgan fingerprint density at radius 1 is 1.33 bits per heavy atom. The fraction of sp³-hybridized carbons (Fsp3) is 0.667. The van der Waals surface area contributed by atoms with Crippen LogP contribution in [0.1, 0.15) is 30.4 Å². The number of benzene rings is 1. The number of methoxy groups -OCH3 is 1. The number of hydrogen-bond donors (Lipinski definition) is 1. The van der Waals surface area contributed by atoms with Gasteiger partial charge in [0.1, 0.15) is 5.75 Å². The van der Waals surface area contributed by atoms with E-state index in [2.05, 4.69) is 38.1 Å². The Balaban J connectivity index is 2.02. The lowest BCUT2D eigenvalue weighted by Gasteiger charge is -2.42. The van der Waals surface area contributed by atoms with Crippen LogP contribution in [0.15, 0.2) is 18.2 Å². The monoisotopic (exact) mass is 289 g/mol. The maximum absolute atomic E-state index is 11.7. The fourth-order valence-corrected chi connectivity index (χ4v) is 4.29. The molecule has 0 radical (unpaired) electrons. The SMILES string of the molecule is COc1ccc(C)c(C2(O)C(CN(C)C)CCC3CC32)c1. The number of nitrogens with zero attached hydrogens (tertiary/aromatic N) is 1. The van der Waals surface area contributed by atoms with Gasteiger partial charge in [0.15, 0.2) is 0 Å². The number of aryl methyl sites for hydroxylation is 1. The van der Waals surface area contributed by atoms with Crippen LogP contribution in [0, 0.1) is 24.7 Å². The molecule has 2 saturated carbocycles. The standard InChI is InChI=1S/C18H27NO2/c1-12-5-8-15(21-4)10-16(12)18(20)14(11-19(2)3)7-6-13-9-17(13)18/h5,8,10,13-14,17,20H,6-7,9,11H2,1-4H3. The van der Waals surface area contributed by atoms with E-state index < -0.39 is 5.60 Å². The van der Waals surface area contributed by atoms with Crippen molar-refractivity contribution in [3.05, 3.63) is 29.3 Å². The third-order valence-electron chi connectivity index (χ3n) is 5.46. The summed E-state index contributed by atoms with van der Waals surface area (Å²) in [6, 6.07) is 6.11. The first-order valence-corrected chi connectivity index (χ1v) is 7.99. The third kappa shape index (κ3) is 2.47. The molecule has 1 aromatic carbocycles. The van der Waals surface area contributed by atoms with Crippen LogP contribution in [0.25, 0.3) is 0 Å². The minimum Gasteiger partial charge on any atom is -0.497 e. The summed E-state index contributed by atoms with van der Waals surface area (Å²) in [4.78, 5) is 2.20. The van der Waals surface area contributed by atoms with Crippen LogP contribution < -0.4 is 4.74 Å². The van der Waals surface area contributed by atoms with Crippen LogP contribution >= 0.6 is 0 Å². The molecule has 1 N–H and O–H groups in total. The van der Waals surface area contributed by atoms with Gasteiger partial charge in [-0.3, -0.25) is 0 Å². The van der Waals surface area contributed by atoms with E-state index in [9.17, 15) is 5.11 Å². The number of aliphatic hydroxyl groups is 1. The molecule has 0 saturated heterocycles. The zero-order valence-electron chi connectivity index (χ0n) is 13.6. The zero-order valence-corrected chi connectivity index (χ0v) is 13.6. The van der Waals surface area contributed by atoms with Crippen LogP contribution in [-0.4, -0.2) is 37.8 Å². The van der Waals surface area contributed by atoms with Gasteiger partial charge in [-0.05, 0) is 75.4 Å². The first-order valence-electron chi connectivity index (χ1n) is 7.99. The first-order chi connectivity index (χ1) is 9.96. The lowest BCUT2D eigenvalue weighted by molar-refractivity contribution is -0.0755. The molecule has 3 heteroatoms. The summed E-state index contributed by atoms with van der Waals surface area (Å²) in [5.74, 6) is 2.30.